The van der Waals surface area contributed by atoms with E-state index in [1.54, 1.807) is 0 Å². The molecule has 4 nitrogen and oxygen atoms in total. The monoisotopic (exact) mass is 276 g/mol. The molecule has 0 fully saturated rings. The van der Waals surface area contributed by atoms with Crippen LogP contribution in [0.2, 0.25) is 0 Å². The van der Waals surface area contributed by atoms with E-state index in [0.717, 1.165) is 31.0 Å². The third-order valence-electron chi connectivity index (χ3n) is 2.63. The summed E-state index contributed by atoms with van der Waals surface area (Å²) in [5.41, 5.74) is 0.971. The summed E-state index contributed by atoms with van der Waals surface area (Å²) in [5.74, 6) is 1.57. The zero-order valence-electron chi connectivity index (χ0n) is 11.7. The fraction of sp³-hybridized carbons (Fsp3) is 0.429. The van der Waals surface area contributed by atoms with Gasteiger partial charge in [0, 0.05) is 28.1 Å². The number of aryl methyl sites for hydroxylation is 2. The van der Waals surface area contributed by atoms with E-state index in [1.807, 2.05) is 24.3 Å². The molecule has 0 spiro atoms. The van der Waals surface area contributed by atoms with Crippen LogP contribution in [-0.4, -0.2) is 16.5 Å². The molecule has 0 radical (unpaired) electrons. The number of aromatic nitrogens is 2. The normalized spacial score (nSPS) is 10.5. The molecule has 19 heavy (non-hydrogen) atoms. The van der Waals surface area contributed by atoms with Gasteiger partial charge < -0.3 is 10.6 Å². The van der Waals surface area contributed by atoms with Crippen LogP contribution in [0.15, 0.2) is 18.2 Å². The van der Waals surface area contributed by atoms with E-state index >= 15 is 0 Å². The summed E-state index contributed by atoms with van der Waals surface area (Å²) in [4.78, 5) is 11.5. The summed E-state index contributed by atoms with van der Waals surface area (Å²) in [6, 6.07) is 6.26. The number of nitrogens with zero attached hydrogens (tertiary/aromatic N) is 2. The largest absolute Gasteiger partial charge is 0.365 e. The van der Waals surface area contributed by atoms with Crippen LogP contribution in [-0.2, 0) is 6.54 Å². The van der Waals surface area contributed by atoms with Gasteiger partial charge in [0.05, 0.1) is 6.54 Å². The fourth-order valence-electron chi connectivity index (χ4n) is 1.73. The van der Waals surface area contributed by atoms with E-state index in [2.05, 4.69) is 46.6 Å². The lowest BCUT2D eigenvalue weighted by molar-refractivity contribution is 0.944. The third-order valence-corrected chi connectivity index (χ3v) is 3.63. The summed E-state index contributed by atoms with van der Waals surface area (Å²) >= 11 is 1.81. The van der Waals surface area contributed by atoms with Gasteiger partial charge in [0.25, 0.3) is 0 Å². The van der Waals surface area contributed by atoms with Crippen molar-refractivity contribution in [2.45, 2.75) is 33.7 Å². The second kappa shape index (κ2) is 6.52. The van der Waals surface area contributed by atoms with Gasteiger partial charge in [0.1, 0.15) is 5.82 Å². The maximum Gasteiger partial charge on any atom is 0.224 e. The molecule has 102 valence electrons. The van der Waals surface area contributed by atoms with E-state index in [-0.39, 0.29) is 0 Å². The van der Waals surface area contributed by atoms with Crippen LogP contribution in [0.1, 0.15) is 28.8 Å². The number of thiophene rings is 1. The van der Waals surface area contributed by atoms with Gasteiger partial charge in [-0.2, -0.15) is 4.98 Å². The molecular weight excluding hydrogens is 256 g/mol. The van der Waals surface area contributed by atoms with Crippen molar-refractivity contribution in [3.05, 3.63) is 33.6 Å². The quantitative estimate of drug-likeness (QED) is 0.846. The highest BCUT2D eigenvalue weighted by molar-refractivity contribution is 7.11. The Morgan fingerprint density at radius 3 is 2.68 bits per heavy atom. The van der Waals surface area contributed by atoms with Gasteiger partial charge in [-0.05, 0) is 32.4 Å². The topological polar surface area (TPSA) is 49.8 Å². The number of nitrogens with one attached hydrogen (secondary N) is 2. The van der Waals surface area contributed by atoms with Crippen molar-refractivity contribution in [2.75, 3.05) is 17.2 Å². The molecule has 0 saturated heterocycles. The van der Waals surface area contributed by atoms with Crippen molar-refractivity contribution in [3.8, 4) is 0 Å². The average Bonchev–Trinajstić information content (AvgIpc) is 2.79. The Kier molecular flexibility index (Phi) is 4.74. The maximum absolute atomic E-state index is 4.46. The van der Waals surface area contributed by atoms with Crippen molar-refractivity contribution in [3.63, 3.8) is 0 Å². The van der Waals surface area contributed by atoms with Crippen molar-refractivity contribution < 1.29 is 0 Å². The summed E-state index contributed by atoms with van der Waals surface area (Å²) in [6.07, 6.45) is 1.06. The lowest BCUT2D eigenvalue weighted by Crippen LogP contribution is -2.08. The van der Waals surface area contributed by atoms with E-state index in [4.69, 9.17) is 0 Å². The highest BCUT2D eigenvalue weighted by Gasteiger charge is 2.02. The van der Waals surface area contributed by atoms with Gasteiger partial charge >= 0.3 is 0 Å². The van der Waals surface area contributed by atoms with Crippen molar-refractivity contribution in [1.29, 1.82) is 0 Å². The molecule has 0 aliphatic heterocycles. The van der Waals surface area contributed by atoms with Crippen LogP contribution in [0.5, 0.6) is 0 Å². The zero-order valence-corrected chi connectivity index (χ0v) is 12.5. The molecule has 0 aliphatic rings. The lowest BCUT2D eigenvalue weighted by atomic mass is 10.4. The van der Waals surface area contributed by atoms with Crippen LogP contribution in [0, 0.1) is 13.8 Å². The molecule has 0 atom stereocenters. The van der Waals surface area contributed by atoms with Crippen LogP contribution in [0.4, 0.5) is 11.8 Å². The molecule has 0 unspecified atom stereocenters. The molecule has 5 heteroatoms. The Labute approximate surface area is 118 Å². The predicted octanol–water partition coefficient (Wildman–Crippen LogP) is 3.59. The summed E-state index contributed by atoms with van der Waals surface area (Å²) in [6.45, 7) is 7.94. The SMILES string of the molecule is CCCNc1nc(C)cc(NCc2ccc(C)s2)n1. The van der Waals surface area contributed by atoms with Crippen molar-refractivity contribution in [1.82, 2.24) is 9.97 Å². The van der Waals surface area contributed by atoms with E-state index < -0.39 is 0 Å². The smallest absolute Gasteiger partial charge is 0.224 e. The Balaban J connectivity index is 2.01. The second-order valence-electron chi connectivity index (χ2n) is 4.51. The van der Waals surface area contributed by atoms with Gasteiger partial charge in [-0.25, -0.2) is 4.98 Å². The van der Waals surface area contributed by atoms with Crippen molar-refractivity contribution in [2.24, 2.45) is 0 Å². The molecule has 2 N–H and O–H groups in total. The first-order valence-electron chi connectivity index (χ1n) is 6.56. The zero-order chi connectivity index (χ0) is 13.7. The summed E-state index contributed by atoms with van der Waals surface area (Å²) in [5, 5.41) is 6.57. The number of rotatable bonds is 6. The molecule has 0 bridgehead atoms. The Hall–Kier alpha value is -1.62. The van der Waals surface area contributed by atoms with Gasteiger partial charge in [-0.15, -0.1) is 11.3 Å². The van der Waals surface area contributed by atoms with Gasteiger partial charge in [0.15, 0.2) is 0 Å². The lowest BCUT2D eigenvalue weighted by Gasteiger charge is -2.08. The van der Waals surface area contributed by atoms with Gasteiger partial charge in [-0.1, -0.05) is 6.92 Å². The highest BCUT2D eigenvalue weighted by Crippen LogP contribution is 2.17. The Morgan fingerprint density at radius 2 is 2.00 bits per heavy atom. The average molecular weight is 276 g/mol. The molecule has 2 rings (SSSR count). The molecule has 0 aliphatic carbocycles. The van der Waals surface area contributed by atoms with E-state index in [1.165, 1.54) is 9.75 Å². The van der Waals surface area contributed by atoms with Crippen LogP contribution >= 0.6 is 11.3 Å². The molecule has 0 amide bonds. The van der Waals surface area contributed by atoms with Crippen LogP contribution < -0.4 is 10.6 Å². The second-order valence-corrected chi connectivity index (χ2v) is 5.88. The highest BCUT2D eigenvalue weighted by atomic mass is 32.1. The molecule has 2 heterocycles. The predicted molar refractivity (Wildman–Crippen MR) is 81.9 cm³/mol. The van der Waals surface area contributed by atoms with E-state index in [0.29, 0.717) is 5.95 Å². The summed E-state index contributed by atoms with van der Waals surface area (Å²) < 4.78 is 0. The minimum atomic E-state index is 0.701. The first kappa shape index (κ1) is 13.8. The van der Waals surface area contributed by atoms with Gasteiger partial charge in [0.2, 0.25) is 5.95 Å². The van der Waals surface area contributed by atoms with E-state index in [9.17, 15) is 0 Å². The Morgan fingerprint density at radius 1 is 1.16 bits per heavy atom. The number of anilines is 2. The number of hydrogen-bond donors (Lipinski definition) is 2. The Bertz CT molecular complexity index is 536. The minimum Gasteiger partial charge on any atom is -0.365 e. The van der Waals surface area contributed by atoms with Crippen molar-refractivity contribution >= 4 is 23.1 Å². The molecule has 2 aromatic rings. The fourth-order valence-corrected chi connectivity index (χ4v) is 2.56. The standard InChI is InChI=1S/C14H20N4S/c1-4-7-15-14-17-10(2)8-13(18-14)16-9-12-6-5-11(3)19-12/h5-6,8H,4,7,9H2,1-3H3,(H2,15,16,17,18). The summed E-state index contributed by atoms with van der Waals surface area (Å²) in [7, 11) is 0. The first-order valence-corrected chi connectivity index (χ1v) is 7.37. The van der Waals surface area contributed by atoms with Gasteiger partial charge in [-0.3, -0.25) is 0 Å². The molecule has 0 saturated carbocycles. The molecule has 0 aromatic carbocycles. The number of hydrogen-bond acceptors (Lipinski definition) is 5. The molecular formula is C14H20N4S. The van der Waals surface area contributed by atoms with Crippen LogP contribution in [0.3, 0.4) is 0 Å². The first-order chi connectivity index (χ1) is 9.17. The third kappa shape index (κ3) is 4.21. The van der Waals surface area contributed by atoms with Crippen LogP contribution in [0.25, 0.3) is 0 Å². The molecule has 2 aromatic heterocycles. The minimum absolute atomic E-state index is 0.701. The maximum atomic E-state index is 4.46.